The van der Waals surface area contributed by atoms with E-state index in [0.29, 0.717) is 16.1 Å². The van der Waals surface area contributed by atoms with Crippen molar-refractivity contribution in [1.29, 1.82) is 0 Å². The Morgan fingerprint density at radius 3 is 2.44 bits per heavy atom. The normalized spacial score (nSPS) is 20.3. The third kappa shape index (κ3) is 1.33. The highest BCUT2D eigenvalue weighted by molar-refractivity contribution is 6.38. The van der Waals surface area contributed by atoms with Crippen molar-refractivity contribution in [2.24, 2.45) is 0 Å². The van der Waals surface area contributed by atoms with Gasteiger partial charge in [-0.2, -0.15) is 0 Å². The Bertz CT molecular complexity index is 667. The minimum Gasteiger partial charge on any atom is -0.479 e. The molecule has 0 aromatic heterocycles. The Balaban J connectivity index is 2.42. The summed E-state index contributed by atoms with van der Waals surface area (Å²) >= 11 is 12.3. The van der Waals surface area contributed by atoms with Crippen LogP contribution in [-0.2, 0) is 9.67 Å². The van der Waals surface area contributed by atoms with Gasteiger partial charge < -0.3 is 5.11 Å². The number of hydrogen-bond acceptors (Lipinski definition) is 1. The number of hydrogen-bond donors (Lipinski definition) is 1. The van der Waals surface area contributed by atoms with Crippen molar-refractivity contribution in [3.8, 4) is 11.1 Å². The lowest BCUT2D eigenvalue weighted by atomic mass is 9.96. The lowest BCUT2D eigenvalue weighted by Crippen LogP contribution is -2.28. The summed E-state index contributed by atoms with van der Waals surface area (Å²) in [5.41, 5.74) is 2.80. The van der Waals surface area contributed by atoms with Crippen LogP contribution >= 0.6 is 23.2 Å². The number of carboxylic acid groups (broad SMARTS) is 1. The predicted molar refractivity (Wildman–Crippen MR) is 71.2 cm³/mol. The molecule has 1 N–H and O–H groups in total. The molecule has 1 atom stereocenters. The monoisotopic (exact) mass is 278 g/mol. The molecule has 1 unspecified atom stereocenters. The first-order chi connectivity index (χ1) is 8.55. The Morgan fingerprint density at radius 1 is 1.06 bits per heavy atom. The molecule has 0 aliphatic heterocycles. The van der Waals surface area contributed by atoms with E-state index in [9.17, 15) is 9.90 Å². The van der Waals surface area contributed by atoms with Crippen molar-refractivity contribution in [1.82, 2.24) is 0 Å². The second-order valence-electron chi connectivity index (χ2n) is 4.20. The van der Waals surface area contributed by atoms with E-state index in [1.807, 2.05) is 18.2 Å². The summed E-state index contributed by atoms with van der Waals surface area (Å²) in [6, 6.07) is 12.4. The number of carbonyl (C=O) groups is 1. The number of alkyl halides is 1. The SMILES string of the molecule is O=C(O)C1(Cl)c2ccccc2-c2ccc(Cl)cc21. The molecule has 3 rings (SSSR count). The molecular formula is C14H8Cl2O2. The van der Waals surface area contributed by atoms with E-state index in [2.05, 4.69) is 0 Å². The van der Waals surface area contributed by atoms with Crippen molar-refractivity contribution in [3.05, 3.63) is 58.6 Å². The Morgan fingerprint density at radius 2 is 1.72 bits per heavy atom. The fourth-order valence-corrected chi connectivity index (χ4v) is 2.92. The zero-order chi connectivity index (χ0) is 12.9. The first-order valence-corrected chi connectivity index (χ1v) is 6.13. The third-order valence-electron chi connectivity index (χ3n) is 3.24. The molecule has 0 bridgehead atoms. The van der Waals surface area contributed by atoms with Crippen LogP contribution in [-0.4, -0.2) is 11.1 Å². The number of aliphatic carboxylic acids is 1. The lowest BCUT2D eigenvalue weighted by Gasteiger charge is -2.19. The summed E-state index contributed by atoms with van der Waals surface area (Å²) in [7, 11) is 0. The predicted octanol–water partition coefficient (Wildman–Crippen LogP) is 3.89. The number of carboxylic acids is 1. The second-order valence-corrected chi connectivity index (χ2v) is 5.20. The van der Waals surface area contributed by atoms with Crippen molar-refractivity contribution in [2.75, 3.05) is 0 Å². The van der Waals surface area contributed by atoms with Crippen LogP contribution in [0.5, 0.6) is 0 Å². The fourth-order valence-electron chi connectivity index (χ4n) is 2.43. The molecule has 0 heterocycles. The summed E-state index contributed by atoms with van der Waals surface area (Å²) in [4.78, 5) is 10.0. The van der Waals surface area contributed by atoms with Crippen molar-refractivity contribution in [2.45, 2.75) is 4.87 Å². The molecule has 1 aliphatic rings. The van der Waals surface area contributed by atoms with E-state index in [1.165, 1.54) is 0 Å². The van der Waals surface area contributed by atoms with Gasteiger partial charge in [-0.25, -0.2) is 4.79 Å². The van der Waals surface area contributed by atoms with Crippen LogP contribution in [0.15, 0.2) is 42.5 Å². The average molecular weight is 279 g/mol. The van der Waals surface area contributed by atoms with Gasteiger partial charge in [0.05, 0.1) is 0 Å². The van der Waals surface area contributed by atoms with E-state index in [4.69, 9.17) is 23.2 Å². The maximum atomic E-state index is 11.6. The van der Waals surface area contributed by atoms with Crippen LogP contribution in [0.3, 0.4) is 0 Å². The molecule has 90 valence electrons. The minimum absolute atomic E-state index is 0.479. The van der Waals surface area contributed by atoms with Gasteiger partial charge in [-0.05, 0) is 34.4 Å². The van der Waals surface area contributed by atoms with Gasteiger partial charge in [-0.3, -0.25) is 0 Å². The minimum atomic E-state index is -1.54. The largest absolute Gasteiger partial charge is 0.479 e. The summed E-state index contributed by atoms with van der Waals surface area (Å²) < 4.78 is 0. The van der Waals surface area contributed by atoms with Gasteiger partial charge in [0, 0.05) is 5.02 Å². The molecule has 2 aromatic rings. The number of halogens is 2. The molecule has 0 saturated heterocycles. The Hall–Kier alpha value is -1.51. The van der Waals surface area contributed by atoms with Gasteiger partial charge in [-0.15, -0.1) is 0 Å². The Kier molecular flexibility index (Phi) is 2.40. The van der Waals surface area contributed by atoms with E-state index < -0.39 is 10.8 Å². The van der Waals surface area contributed by atoms with Crippen molar-refractivity contribution in [3.63, 3.8) is 0 Å². The van der Waals surface area contributed by atoms with E-state index in [0.717, 1.165) is 11.1 Å². The smallest absolute Gasteiger partial charge is 0.334 e. The van der Waals surface area contributed by atoms with E-state index in [-0.39, 0.29) is 0 Å². The fraction of sp³-hybridized carbons (Fsp3) is 0.0714. The van der Waals surface area contributed by atoms with Crippen LogP contribution in [0.2, 0.25) is 5.02 Å². The lowest BCUT2D eigenvalue weighted by molar-refractivity contribution is -0.139. The highest BCUT2D eigenvalue weighted by Gasteiger charge is 2.48. The molecule has 2 nitrogen and oxygen atoms in total. The van der Waals surface area contributed by atoms with Crippen LogP contribution in [0.25, 0.3) is 11.1 Å². The molecule has 2 aromatic carbocycles. The summed E-state index contributed by atoms with van der Waals surface area (Å²) in [5, 5.41) is 9.96. The molecule has 18 heavy (non-hydrogen) atoms. The molecule has 0 fully saturated rings. The molecule has 0 saturated carbocycles. The molecule has 0 radical (unpaired) electrons. The van der Waals surface area contributed by atoms with E-state index in [1.54, 1.807) is 24.3 Å². The van der Waals surface area contributed by atoms with Gasteiger partial charge in [0.25, 0.3) is 0 Å². The maximum Gasteiger partial charge on any atom is 0.334 e. The summed E-state index contributed by atoms with van der Waals surface area (Å²) in [6.07, 6.45) is 0. The van der Waals surface area contributed by atoms with Crippen molar-refractivity contribution >= 4 is 29.2 Å². The zero-order valence-electron chi connectivity index (χ0n) is 9.15. The van der Waals surface area contributed by atoms with Gasteiger partial charge in [0.2, 0.25) is 0 Å². The molecule has 4 heteroatoms. The average Bonchev–Trinajstić information content (AvgIpc) is 2.61. The number of rotatable bonds is 1. The quantitative estimate of drug-likeness (QED) is 0.804. The standard InChI is InChI=1S/C14H8Cl2O2/c15-8-5-6-10-9-3-1-2-4-11(9)14(16,13(17)18)12(10)7-8/h1-7H,(H,17,18). The van der Waals surface area contributed by atoms with Gasteiger partial charge in [0.1, 0.15) is 0 Å². The van der Waals surface area contributed by atoms with Gasteiger partial charge in [0.15, 0.2) is 4.87 Å². The first kappa shape index (κ1) is 11.6. The van der Waals surface area contributed by atoms with Crippen LogP contribution in [0, 0.1) is 0 Å². The van der Waals surface area contributed by atoms with Crippen LogP contribution in [0.1, 0.15) is 11.1 Å². The third-order valence-corrected chi connectivity index (χ3v) is 4.04. The molecule has 0 amide bonds. The van der Waals surface area contributed by atoms with Crippen LogP contribution in [0.4, 0.5) is 0 Å². The maximum absolute atomic E-state index is 11.6. The molecular weight excluding hydrogens is 271 g/mol. The number of fused-ring (bicyclic) bond motifs is 3. The topological polar surface area (TPSA) is 37.3 Å². The molecule has 0 spiro atoms. The highest BCUT2D eigenvalue weighted by Crippen LogP contribution is 2.52. The zero-order valence-corrected chi connectivity index (χ0v) is 10.7. The summed E-state index contributed by atoms with van der Waals surface area (Å²) in [5.74, 6) is -1.09. The highest BCUT2D eigenvalue weighted by atomic mass is 35.5. The second kappa shape index (κ2) is 3.74. The van der Waals surface area contributed by atoms with Gasteiger partial charge in [-0.1, -0.05) is 53.5 Å². The van der Waals surface area contributed by atoms with E-state index >= 15 is 0 Å². The number of benzene rings is 2. The van der Waals surface area contributed by atoms with Crippen molar-refractivity contribution < 1.29 is 9.90 Å². The van der Waals surface area contributed by atoms with Crippen LogP contribution < -0.4 is 0 Å². The first-order valence-electron chi connectivity index (χ1n) is 5.37. The van der Waals surface area contributed by atoms with Gasteiger partial charge >= 0.3 is 5.97 Å². The Labute approximate surface area is 114 Å². The summed E-state index contributed by atoms with van der Waals surface area (Å²) in [6.45, 7) is 0. The molecule has 1 aliphatic carbocycles.